The lowest BCUT2D eigenvalue weighted by molar-refractivity contribution is -0.118. The number of amides is 2. The first-order valence-electron chi connectivity index (χ1n) is 9.39. The molecule has 3 rings (SSSR count). The van der Waals surface area contributed by atoms with Crippen LogP contribution in [0, 0.1) is 0 Å². The van der Waals surface area contributed by atoms with Crippen molar-refractivity contribution in [2.75, 3.05) is 17.2 Å². The highest BCUT2D eigenvalue weighted by Crippen LogP contribution is 2.28. The number of anilines is 2. The average Bonchev–Trinajstić information content (AvgIpc) is 3.25. The lowest BCUT2D eigenvalue weighted by Gasteiger charge is -2.15. The van der Waals surface area contributed by atoms with Gasteiger partial charge < -0.3 is 10.1 Å². The molecule has 0 aliphatic carbocycles. The van der Waals surface area contributed by atoms with Crippen molar-refractivity contribution in [3.8, 4) is 5.75 Å². The second-order valence-corrected chi connectivity index (χ2v) is 7.45. The van der Waals surface area contributed by atoms with E-state index in [-0.39, 0.29) is 18.4 Å². The van der Waals surface area contributed by atoms with E-state index in [1.807, 2.05) is 24.3 Å². The third-order valence-corrected chi connectivity index (χ3v) is 5.17. The summed E-state index contributed by atoms with van der Waals surface area (Å²) in [4.78, 5) is 28.7. The summed E-state index contributed by atoms with van der Waals surface area (Å²) in [5.41, 5.74) is 2.05. The van der Waals surface area contributed by atoms with Gasteiger partial charge in [-0.3, -0.25) is 14.9 Å². The molecule has 0 fully saturated rings. The number of ether oxygens (including phenoxy) is 1. The smallest absolute Gasteiger partial charge is 0.262 e. The number of aromatic nitrogens is 1. The van der Waals surface area contributed by atoms with Crippen molar-refractivity contribution in [2.45, 2.75) is 26.2 Å². The number of carbonyl (C=O) groups is 2. The van der Waals surface area contributed by atoms with Crippen LogP contribution < -0.4 is 15.4 Å². The number of carbonyl (C=O) groups excluding carboxylic acids is 2. The Hall–Kier alpha value is -3.19. The Morgan fingerprint density at radius 3 is 2.72 bits per heavy atom. The van der Waals surface area contributed by atoms with Gasteiger partial charge in [-0.05, 0) is 42.2 Å². The summed E-state index contributed by atoms with van der Waals surface area (Å²) in [5.74, 6) is 0.493. The summed E-state index contributed by atoms with van der Waals surface area (Å²) >= 11 is 1.34. The highest BCUT2D eigenvalue weighted by molar-refractivity contribution is 7.13. The quantitative estimate of drug-likeness (QED) is 0.553. The summed E-state index contributed by atoms with van der Waals surface area (Å²) in [6.45, 7) is 4.14. The largest absolute Gasteiger partial charge is 0.483 e. The molecular formula is C22H23N3O3S. The van der Waals surface area contributed by atoms with Crippen LogP contribution in [0.2, 0.25) is 0 Å². The maximum atomic E-state index is 12.3. The molecule has 2 aromatic carbocycles. The number of rotatable bonds is 8. The van der Waals surface area contributed by atoms with Gasteiger partial charge in [0.1, 0.15) is 5.75 Å². The van der Waals surface area contributed by atoms with Gasteiger partial charge in [-0.1, -0.05) is 38.1 Å². The number of nitrogens with zero attached hydrogens (tertiary/aromatic N) is 1. The number of hydrogen-bond donors (Lipinski definition) is 2. The summed E-state index contributed by atoms with van der Waals surface area (Å²) in [6.07, 6.45) is 2.61. The van der Waals surface area contributed by atoms with Crippen molar-refractivity contribution >= 4 is 34.0 Å². The maximum absolute atomic E-state index is 12.3. The van der Waals surface area contributed by atoms with Gasteiger partial charge in [-0.25, -0.2) is 4.98 Å². The van der Waals surface area contributed by atoms with Gasteiger partial charge in [0.05, 0.1) is 0 Å². The molecule has 7 heteroatoms. The summed E-state index contributed by atoms with van der Waals surface area (Å²) in [5, 5.41) is 7.80. The Kier molecular flexibility index (Phi) is 6.97. The van der Waals surface area contributed by atoms with Crippen LogP contribution in [0.3, 0.4) is 0 Å². The minimum atomic E-state index is -0.290. The van der Waals surface area contributed by atoms with Gasteiger partial charge >= 0.3 is 0 Å². The van der Waals surface area contributed by atoms with Crippen LogP contribution in [0.4, 0.5) is 10.8 Å². The second-order valence-electron chi connectivity index (χ2n) is 6.56. The molecule has 3 aromatic rings. The van der Waals surface area contributed by atoms with E-state index in [0.29, 0.717) is 28.0 Å². The van der Waals surface area contributed by atoms with Gasteiger partial charge in [0.2, 0.25) is 0 Å². The Bertz CT molecular complexity index is 973. The zero-order valence-electron chi connectivity index (χ0n) is 16.3. The Morgan fingerprint density at radius 1 is 1.14 bits per heavy atom. The zero-order chi connectivity index (χ0) is 20.6. The van der Waals surface area contributed by atoms with E-state index in [4.69, 9.17) is 4.74 Å². The molecule has 1 aromatic heterocycles. The maximum Gasteiger partial charge on any atom is 0.262 e. The topological polar surface area (TPSA) is 80.3 Å². The molecule has 0 saturated carbocycles. The lowest BCUT2D eigenvalue weighted by atomic mass is 9.98. The molecule has 0 saturated heterocycles. The first-order chi connectivity index (χ1) is 14.1. The summed E-state index contributed by atoms with van der Waals surface area (Å²) in [6, 6.07) is 14.5. The fourth-order valence-corrected chi connectivity index (χ4v) is 3.30. The van der Waals surface area contributed by atoms with Crippen molar-refractivity contribution in [2.24, 2.45) is 0 Å². The SMILES string of the molecule is CC[C@H](C)c1ccccc1OCC(=O)Nc1cccc(C(=O)Nc2nccs2)c1. The molecule has 0 bridgehead atoms. The Labute approximate surface area is 173 Å². The predicted octanol–water partition coefficient (Wildman–Crippen LogP) is 4.93. The molecule has 6 nitrogen and oxygen atoms in total. The number of nitrogens with one attached hydrogen (secondary N) is 2. The van der Waals surface area contributed by atoms with Crippen LogP contribution in [0.25, 0.3) is 0 Å². The molecule has 0 aliphatic heterocycles. The molecule has 29 heavy (non-hydrogen) atoms. The minimum Gasteiger partial charge on any atom is -0.483 e. The molecule has 150 valence electrons. The first kappa shape index (κ1) is 20.5. The lowest BCUT2D eigenvalue weighted by Crippen LogP contribution is -2.21. The summed E-state index contributed by atoms with van der Waals surface area (Å²) in [7, 11) is 0. The standard InChI is InChI=1S/C22H23N3O3S/c1-3-15(2)18-9-4-5-10-19(18)28-14-20(26)24-17-8-6-7-16(13-17)21(27)25-22-23-11-12-29-22/h4-13,15H,3,14H2,1-2H3,(H,24,26)(H,23,25,27)/t15-/m0/s1. The van der Waals surface area contributed by atoms with Crippen LogP contribution >= 0.6 is 11.3 Å². The van der Waals surface area contributed by atoms with Crippen LogP contribution in [0.1, 0.15) is 42.1 Å². The monoisotopic (exact) mass is 409 g/mol. The first-order valence-corrected chi connectivity index (χ1v) is 10.3. The van der Waals surface area contributed by atoms with E-state index in [0.717, 1.165) is 12.0 Å². The molecule has 0 spiro atoms. The van der Waals surface area contributed by atoms with E-state index in [2.05, 4.69) is 29.5 Å². The molecule has 2 N–H and O–H groups in total. The van der Waals surface area contributed by atoms with E-state index in [1.165, 1.54) is 11.3 Å². The third-order valence-electron chi connectivity index (χ3n) is 4.48. The number of hydrogen-bond acceptors (Lipinski definition) is 5. The van der Waals surface area contributed by atoms with E-state index in [1.54, 1.807) is 35.8 Å². The van der Waals surface area contributed by atoms with Crippen molar-refractivity contribution in [3.05, 3.63) is 71.2 Å². The van der Waals surface area contributed by atoms with Gasteiger partial charge in [0, 0.05) is 22.8 Å². The summed E-state index contributed by atoms with van der Waals surface area (Å²) < 4.78 is 5.74. The number of thiazole rings is 1. The van der Waals surface area contributed by atoms with Gasteiger partial charge in [-0.15, -0.1) is 11.3 Å². The Balaban J connectivity index is 1.59. The normalized spacial score (nSPS) is 11.5. The van der Waals surface area contributed by atoms with Crippen molar-refractivity contribution < 1.29 is 14.3 Å². The molecule has 2 amide bonds. The van der Waals surface area contributed by atoms with E-state index < -0.39 is 0 Å². The van der Waals surface area contributed by atoms with Gasteiger partial charge in [-0.2, -0.15) is 0 Å². The van der Waals surface area contributed by atoms with Crippen LogP contribution in [0.5, 0.6) is 5.75 Å². The van der Waals surface area contributed by atoms with Crippen LogP contribution in [0.15, 0.2) is 60.1 Å². The van der Waals surface area contributed by atoms with Crippen LogP contribution in [-0.4, -0.2) is 23.4 Å². The van der Waals surface area contributed by atoms with Crippen molar-refractivity contribution in [1.29, 1.82) is 0 Å². The third kappa shape index (κ3) is 5.65. The van der Waals surface area contributed by atoms with Gasteiger partial charge in [0.15, 0.2) is 11.7 Å². The molecular weight excluding hydrogens is 386 g/mol. The highest BCUT2D eigenvalue weighted by Gasteiger charge is 2.12. The molecule has 0 aliphatic rings. The van der Waals surface area contributed by atoms with E-state index in [9.17, 15) is 9.59 Å². The molecule has 0 unspecified atom stereocenters. The predicted molar refractivity (Wildman–Crippen MR) is 116 cm³/mol. The molecule has 1 heterocycles. The van der Waals surface area contributed by atoms with Crippen LogP contribution in [-0.2, 0) is 4.79 Å². The minimum absolute atomic E-state index is 0.108. The average molecular weight is 410 g/mol. The fourth-order valence-electron chi connectivity index (χ4n) is 2.77. The highest BCUT2D eigenvalue weighted by atomic mass is 32.1. The fraction of sp³-hybridized carbons (Fsp3) is 0.227. The van der Waals surface area contributed by atoms with Gasteiger partial charge in [0.25, 0.3) is 11.8 Å². The number of para-hydroxylation sites is 1. The zero-order valence-corrected chi connectivity index (χ0v) is 17.2. The second kappa shape index (κ2) is 9.84. The Morgan fingerprint density at radius 2 is 1.97 bits per heavy atom. The molecule has 1 atom stereocenters. The molecule has 0 radical (unpaired) electrons. The van der Waals surface area contributed by atoms with Crippen molar-refractivity contribution in [1.82, 2.24) is 4.98 Å². The number of benzene rings is 2. The van der Waals surface area contributed by atoms with E-state index >= 15 is 0 Å². The van der Waals surface area contributed by atoms with Crippen molar-refractivity contribution in [3.63, 3.8) is 0 Å².